The number of nitrogens with two attached hydrogens (primary N) is 1. The van der Waals surface area contributed by atoms with E-state index in [0.717, 1.165) is 0 Å². The minimum Gasteiger partial charge on any atom is -0.368 e. The van der Waals surface area contributed by atoms with Crippen molar-refractivity contribution in [2.75, 3.05) is 0 Å². The molecule has 0 unspecified atom stereocenters. The second-order valence-electron chi connectivity index (χ2n) is 5.27. The molecule has 0 aliphatic rings. The van der Waals surface area contributed by atoms with Crippen molar-refractivity contribution in [3.8, 4) is 0 Å². The maximum Gasteiger partial charge on any atom is 0.242 e. The molecule has 0 atom stereocenters. The van der Waals surface area contributed by atoms with Crippen LogP contribution in [-0.2, 0) is 9.59 Å². The molecule has 14 heavy (non-hydrogen) atoms. The van der Waals surface area contributed by atoms with Gasteiger partial charge in [-0.15, -0.1) is 0 Å². The first-order valence-corrected chi connectivity index (χ1v) is 4.65. The fraction of sp³-hybridized carbons (Fsp3) is 0.800. The van der Waals surface area contributed by atoms with Gasteiger partial charge in [0, 0.05) is 6.42 Å². The lowest BCUT2D eigenvalue weighted by Gasteiger charge is -2.25. The number of hydrogen-bond donors (Lipinski definition) is 2. The first-order valence-electron chi connectivity index (χ1n) is 4.65. The monoisotopic (exact) mass is 200 g/mol. The number of nitrogens with one attached hydrogen (secondary N) is 1. The van der Waals surface area contributed by atoms with Gasteiger partial charge in [-0.2, -0.15) is 0 Å². The predicted octanol–water partition coefficient (Wildman–Crippen LogP) is 0.803. The fourth-order valence-corrected chi connectivity index (χ4v) is 0.936. The molecule has 0 aliphatic heterocycles. The Morgan fingerprint density at radius 2 is 1.57 bits per heavy atom. The summed E-state index contributed by atoms with van der Waals surface area (Å²) >= 11 is 0. The maximum absolute atomic E-state index is 11.5. The van der Waals surface area contributed by atoms with E-state index in [4.69, 9.17) is 5.73 Å². The van der Waals surface area contributed by atoms with E-state index in [1.807, 2.05) is 20.8 Å². The normalized spacial score (nSPS) is 12.4. The van der Waals surface area contributed by atoms with Crippen LogP contribution in [-0.4, -0.2) is 17.4 Å². The van der Waals surface area contributed by atoms with E-state index < -0.39 is 11.4 Å². The average molecular weight is 200 g/mol. The molecule has 0 radical (unpaired) electrons. The fourth-order valence-electron chi connectivity index (χ4n) is 0.936. The van der Waals surface area contributed by atoms with E-state index in [0.29, 0.717) is 6.42 Å². The van der Waals surface area contributed by atoms with Gasteiger partial charge in [0.1, 0.15) is 5.54 Å². The second-order valence-corrected chi connectivity index (χ2v) is 5.27. The Kier molecular flexibility index (Phi) is 3.68. The van der Waals surface area contributed by atoms with Crippen LogP contribution in [0.2, 0.25) is 0 Å². The summed E-state index contributed by atoms with van der Waals surface area (Å²) < 4.78 is 0. The van der Waals surface area contributed by atoms with Crippen LogP contribution in [0.5, 0.6) is 0 Å². The van der Waals surface area contributed by atoms with Crippen LogP contribution in [0.1, 0.15) is 41.0 Å². The Labute approximate surface area is 85.2 Å². The van der Waals surface area contributed by atoms with Crippen LogP contribution >= 0.6 is 0 Å². The third-order valence-corrected chi connectivity index (χ3v) is 1.76. The number of carbonyl (C=O) groups excluding carboxylic acids is 2. The summed E-state index contributed by atoms with van der Waals surface area (Å²) in [4.78, 5) is 22.4. The molecule has 0 aliphatic carbocycles. The van der Waals surface area contributed by atoms with Crippen LogP contribution in [0.3, 0.4) is 0 Å². The molecular formula is C10H20N2O2. The number of carbonyl (C=O) groups is 2. The minimum atomic E-state index is -0.970. The van der Waals surface area contributed by atoms with Gasteiger partial charge >= 0.3 is 0 Å². The highest BCUT2D eigenvalue weighted by atomic mass is 16.2. The highest BCUT2D eigenvalue weighted by molar-refractivity contribution is 5.89. The quantitative estimate of drug-likeness (QED) is 0.707. The zero-order valence-corrected chi connectivity index (χ0v) is 9.60. The van der Waals surface area contributed by atoms with Crippen molar-refractivity contribution in [3.63, 3.8) is 0 Å². The van der Waals surface area contributed by atoms with Gasteiger partial charge in [-0.1, -0.05) is 20.8 Å². The van der Waals surface area contributed by atoms with Gasteiger partial charge in [-0.05, 0) is 19.3 Å². The van der Waals surface area contributed by atoms with Gasteiger partial charge in [0.25, 0.3) is 0 Å². The second kappa shape index (κ2) is 3.98. The smallest absolute Gasteiger partial charge is 0.242 e. The summed E-state index contributed by atoms with van der Waals surface area (Å²) in [6, 6.07) is 0. The van der Waals surface area contributed by atoms with Crippen LogP contribution in [0.25, 0.3) is 0 Å². The average Bonchev–Trinajstić information content (AvgIpc) is 1.79. The van der Waals surface area contributed by atoms with Crippen molar-refractivity contribution in [1.82, 2.24) is 5.32 Å². The minimum absolute atomic E-state index is 0.0855. The molecule has 2 amide bonds. The summed E-state index contributed by atoms with van der Waals surface area (Å²) in [6.45, 7) is 9.07. The third-order valence-electron chi connectivity index (χ3n) is 1.76. The van der Waals surface area contributed by atoms with E-state index >= 15 is 0 Å². The van der Waals surface area contributed by atoms with Crippen molar-refractivity contribution in [2.24, 2.45) is 11.1 Å². The van der Waals surface area contributed by atoms with Gasteiger partial charge < -0.3 is 11.1 Å². The van der Waals surface area contributed by atoms with E-state index in [1.54, 1.807) is 13.8 Å². The molecule has 0 saturated carbocycles. The Balaban J connectivity index is 4.27. The highest BCUT2D eigenvalue weighted by Crippen LogP contribution is 2.18. The molecule has 82 valence electrons. The number of rotatable bonds is 3. The Morgan fingerprint density at radius 1 is 1.14 bits per heavy atom. The first-order chi connectivity index (χ1) is 6.04. The topological polar surface area (TPSA) is 72.2 Å². The largest absolute Gasteiger partial charge is 0.368 e. The third kappa shape index (κ3) is 4.84. The zero-order chi connectivity index (χ0) is 11.6. The van der Waals surface area contributed by atoms with E-state index in [2.05, 4.69) is 5.32 Å². The molecule has 0 saturated heterocycles. The summed E-state index contributed by atoms with van der Waals surface area (Å²) in [6.07, 6.45) is 0.379. The van der Waals surface area contributed by atoms with Gasteiger partial charge in [0.15, 0.2) is 0 Å². The molecule has 0 heterocycles. The molecule has 3 N–H and O–H groups in total. The molecule has 0 aromatic rings. The number of hydrogen-bond acceptors (Lipinski definition) is 2. The molecule has 4 nitrogen and oxygen atoms in total. The maximum atomic E-state index is 11.5. The SMILES string of the molecule is CC(C)(C)CC(=O)NC(C)(C)C(N)=O. The van der Waals surface area contributed by atoms with Crippen LogP contribution < -0.4 is 11.1 Å². The van der Waals surface area contributed by atoms with Crippen molar-refractivity contribution in [1.29, 1.82) is 0 Å². The van der Waals surface area contributed by atoms with Crippen molar-refractivity contribution in [3.05, 3.63) is 0 Å². The van der Waals surface area contributed by atoms with E-state index in [1.165, 1.54) is 0 Å². The van der Waals surface area contributed by atoms with Crippen molar-refractivity contribution >= 4 is 11.8 Å². The molecule has 0 fully saturated rings. The lowest BCUT2D eigenvalue weighted by Crippen LogP contribution is -2.53. The summed E-state index contributed by atoms with van der Waals surface area (Å²) in [5.41, 5.74) is 4.07. The zero-order valence-electron chi connectivity index (χ0n) is 9.60. The number of primary amides is 1. The summed E-state index contributed by atoms with van der Waals surface area (Å²) in [7, 11) is 0. The molecular weight excluding hydrogens is 180 g/mol. The van der Waals surface area contributed by atoms with Gasteiger partial charge in [-0.3, -0.25) is 9.59 Å². The van der Waals surface area contributed by atoms with Crippen LogP contribution in [0.4, 0.5) is 0 Å². The molecule has 0 spiro atoms. The summed E-state index contributed by atoms with van der Waals surface area (Å²) in [5, 5.41) is 2.60. The van der Waals surface area contributed by atoms with E-state index in [-0.39, 0.29) is 11.3 Å². The predicted molar refractivity (Wildman–Crippen MR) is 55.5 cm³/mol. The molecule has 0 bridgehead atoms. The molecule has 0 rings (SSSR count). The number of amides is 2. The van der Waals surface area contributed by atoms with Crippen LogP contribution in [0, 0.1) is 5.41 Å². The lowest BCUT2D eigenvalue weighted by atomic mass is 9.91. The molecule has 0 aromatic carbocycles. The standard InChI is InChI=1S/C10H20N2O2/c1-9(2,3)6-7(13)12-10(4,5)8(11)14/h6H2,1-5H3,(H2,11,14)(H,12,13). The Bertz CT molecular complexity index is 239. The Morgan fingerprint density at radius 3 is 1.86 bits per heavy atom. The first kappa shape index (κ1) is 12.9. The van der Waals surface area contributed by atoms with Gasteiger partial charge in [0.2, 0.25) is 11.8 Å². The van der Waals surface area contributed by atoms with Crippen LogP contribution in [0.15, 0.2) is 0 Å². The summed E-state index contributed by atoms with van der Waals surface area (Å²) in [5.74, 6) is -0.680. The van der Waals surface area contributed by atoms with E-state index in [9.17, 15) is 9.59 Å². The Hall–Kier alpha value is -1.06. The molecule has 0 aromatic heterocycles. The highest BCUT2D eigenvalue weighted by Gasteiger charge is 2.28. The van der Waals surface area contributed by atoms with Crippen molar-refractivity contribution < 1.29 is 9.59 Å². The van der Waals surface area contributed by atoms with Gasteiger partial charge in [0.05, 0.1) is 0 Å². The molecule has 4 heteroatoms. The van der Waals surface area contributed by atoms with Gasteiger partial charge in [-0.25, -0.2) is 0 Å². The van der Waals surface area contributed by atoms with Crippen molar-refractivity contribution in [2.45, 2.75) is 46.6 Å². The lowest BCUT2D eigenvalue weighted by molar-refractivity contribution is -0.131.